The maximum Gasteiger partial charge on any atom is 0.339 e. The molecule has 0 radical (unpaired) electrons. The van der Waals surface area contributed by atoms with Crippen LogP contribution in [0.1, 0.15) is 41.7 Å². The van der Waals surface area contributed by atoms with Gasteiger partial charge in [0.1, 0.15) is 0 Å². The number of nitrogens with zero attached hydrogens (tertiary/aromatic N) is 1. The average molecular weight is 395 g/mol. The number of hydrogen-bond acceptors (Lipinski definition) is 4. The standard InChI is InChI=1S/C22H19ClN2O3/c1-13(21(26)25-19-9-5-3-7-17(19)23)28-22(27)16-12-20(14-10-11-14)24-18-8-4-2-6-15(16)18/h2-9,12-14H,10-11H2,1H3,(H,25,26)/t13-/m0/s1. The minimum atomic E-state index is -0.972. The second-order valence-corrected chi connectivity index (χ2v) is 7.31. The molecule has 1 atom stereocenters. The second-order valence-electron chi connectivity index (χ2n) is 6.90. The molecular formula is C22H19ClN2O3. The monoisotopic (exact) mass is 394 g/mol. The van der Waals surface area contributed by atoms with Crippen LogP contribution in [-0.2, 0) is 9.53 Å². The van der Waals surface area contributed by atoms with E-state index in [1.54, 1.807) is 30.3 Å². The van der Waals surface area contributed by atoms with Crippen molar-refractivity contribution in [3.05, 3.63) is 70.9 Å². The molecule has 28 heavy (non-hydrogen) atoms. The van der Waals surface area contributed by atoms with Crippen molar-refractivity contribution in [3.63, 3.8) is 0 Å². The number of anilines is 1. The highest BCUT2D eigenvalue weighted by Crippen LogP contribution is 2.40. The minimum Gasteiger partial charge on any atom is -0.449 e. The molecule has 0 spiro atoms. The van der Waals surface area contributed by atoms with Crippen LogP contribution in [0.3, 0.4) is 0 Å². The van der Waals surface area contributed by atoms with E-state index in [0.29, 0.717) is 22.2 Å². The molecule has 0 saturated heterocycles. The smallest absolute Gasteiger partial charge is 0.339 e. The Hall–Kier alpha value is -2.92. The zero-order valence-corrected chi connectivity index (χ0v) is 16.1. The van der Waals surface area contributed by atoms with E-state index >= 15 is 0 Å². The highest BCUT2D eigenvalue weighted by Gasteiger charge is 2.28. The SMILES string of the molecule is C[C@H](OC(=O)c1cc(C2CC2)nc2ccccc12)C(=O)Nc1ccccc1Cl. The molecule has 6 heteroatoms. The summed E-state index contributed by atoms with van der Waals surface area (Å²) in [6.45, 7) is 1.54. The average Bonchev–Trinajstić information content (AvgIpc) is 3.54. The Morgan fingerprint density at radius 2 is 1.86 bits per heavy atom. The van der Waals surface area contributed by atoms with Gasteiger partial charge in [0.05, 0.1) is 21.8 Å². The zero-order valence-electron chi connectivity index (χ0n) is 15.3. The highest BCUT2D eigenvalue weighted by molar-refractivity contribution is 6.33. The molecule has 2 aromatic carbocycles. The molecule has 1 aliphatic rings. The Labute approximate surface area is 167 Å². The molecule has 1 fully saturated rings. The van der Waals surface area contributed by atoms with Crippen molar-refractivity contribution in [2.45, 2.75) is 31.8 Å². The quantitative estimate of drug-likeness (QED) is 0.621. The van der Waals surface area contributed by atoms with Crippen LogP contribution in [0.4, 0.5) is 5.69 Å². The lowest BCUT2D eigenvalue weighted by atomic mass is 10.1. The van der Waals surface area contributed by atoms with E-state index in [0.717, 1.165) is 29.4 Å². The Kier molecular flexibility index (Phi) is 5.01. The molecule has 5 nitrogen and oxygen atoms in total. The van der Waals surface area contributed by atoms with Gasteiger partial charge in [-0.25, -0.2) is 4.79 Å². The summed E-state index contributed by atoms with van der Waals surface area (Å²) >= 11 is 6.06. The van der Waals surface area contributed by atoms with Crippen LogP contribution in [0.25, 0.3) is 10.9 Å². The first-order valence-corrected chi connectivity index (χ1v) is 9.57. The normalized spacial score (nSPS) is 14.5. The van der Waals surface area contributed by atoms with Crippen molar-refractivity contribution in [3.8, 4) is 0 Å². The molecule has 1 aliphatic carbocycles. The fraction of sp³-hybridized carbons (Fsp3) is 0.227. The Morgan fingerprint density at radius 1 is 1.14 bits per heavy atom. The van der Waals surface area contributed by atoms with Gasteiger partial charge in [-0.1, -0.05) is 41.9 Å². The van der Waals surface area contributed by atoms with E-state index in [2.05, 4.69) is 10.3 Å². The van der Waals surface area contributed by atoms with Gasteiger partial charge in [0.15, 0.2) is 6.10 Å². The molecule has 1 amide bonds. The number of benzene rings is 2. The van der Waals surface area contributed by atoms with E-state index in [1.165, 1.54) is 6.92 Å². The van der Waals surface area contributed by atoms with Crippen molar-refractivity contribution in [2.24, 2.45) is 0 Å². The van der Waals surface area contributed by atoms with E-state index < -0.39 is 18.0 Å². The molecule has 142 valence electrons. The number of nitrogens with one attached hydrogen (secondary N) is 1. The number of fused-ring (bicyclic) bond motifs is 1. The molecule has 1 saturated carbocycles. The van der Waals surface area contributed by atoms with Crippen molar-refractivity contribution in [1.82, 2.24) is 4.98 Å². The van der Waals surface area contributed by atoms with Gasteiger partial charge in [-0.15, -0.1) is 0 Å². The van der Waals surface area contributed by atoms with Crippen molar-refractivity contribution in [2.75, 3.05) is 5.32 Å². The number of carbonyl (C=O) groups is 2. The summed E-state index contributed by atoms with van der Waals surface area (Å²) in [5.74, 6) is -0.582. The summed E-state index contributed by atoms with van der Waals surface area (Å²) in [4.78, 5) is 29.9. The van der Waals surface area contributed by atoms with E-state index in [4.69, 9.17) is 16.3 Å². The lowest BCUT2D eigenvalue weighted by molar-refractivity contribution is -0.123. The maximum atomic E-state index is 12.8. The largest absolute Gasteiger partial charge is 0.449 e. The van der Waals surface area contributed by atoms with E-state index in [1.807, 2.05) is 24.3 Å². The number of rotatable bonds is 5. The predicted molar refractivity (Wildman–Crippen MR) is 109 cm³/mol. The summed E-state index contributed by atoms with van der Waals surface area (Å²) in [7, 11) is 0. The topological polar surface area (TPSA) is 68.3 Å². The van der Waals surface area contributed by atoms with Crippen LogP contribution in [-0.4, -0.2) is 23.0 Å². The number of ether oxygens (including phenoxy) is 1. The molecule has 1 aromatic heterocycles. The number of esters is 1. The number of amides is 1. The third-order valence-corrected chi connectivity index (χ3v) is 5.07. The molecule has 4 rings (SSSR count). The predicted octanol–water partition coefficient (Wildman–Crippen LogP) is 4.95. The van der Waals surface area contributed by atoms with E-state index in [9.17, 15) is 9.59 Å². The number of carbonyl (C=O) groups excluding carboxylic acids is 2. The summed E-state index contributed by atoms with van der Waals surface area (Å²) in [5, 5.41) is 3.82. The molecule has 0 bridgehead atoms. The van der Waals surface area contributed by atoms with Crippen LogP contribution >= 0.6 is 11.6 Å². The Bertz CT molecular complexity index is 1060. The molecule has 1 N–H and O–H groups in total. The van der Waals surface area contributed by atoms with Crippen molar-refractivity contribution >= 4 is 40.1 Å². The third-order valence-electron chi connectivity index (χ3n) is 4.74. The zero-order chi connectivity index (χ0) is 19.7. The van der Waals surface area contributed by atoms with Crippen LogP contribution in [0.15, 0.2) is 54.6 Å². The van der Waals surface area contributed by atoms with Gasteiger partial charge in [-0.3, -0.25) is 9.78 Å². The van der Waals surface area contributed by atoms with Gasteiger partial charge in [0, 0.05) is 17.0 Å². The van der Waals surface area contributed by atoms with E-state index in [-0.39, 0.29) is 0 Å². The fourth-order valence-corrected chi connectivity index (χ4v) is 3.21. The van der Waals surface area contributed by atoms with Crippen LogP contribution in [0, 0.1) is 0 Å². The van der Waals surface area contributed by atoms with Gasteiger partial charge in [-0.05, 0) is 44.0 Å². The summed E-state index contributed by atoms with van der Waals surface area (Å²) in [6, 6.07) is 16.2. The van der Waals surface area contributed by atoms with Gasteiger partial charge >= 0.3 is 5.97 Å². The summed E-state index contributed by atoms with van der Waals surface area (Å²) in [5.41, 5.74) is 2.57. The van der Waals surface area contributed by atoms with Gasteiger partial charge in [0.2, 0.25) is 0 Å². The molecule has 0 unspecified atom stereocenters. The Morgan fingerprint density at radius 3 is 2.61 bits per heavy atom. The molecule has 3 aromatic rings. The first kappa shape index (κ1) is 18.4. The van der Waals surface area contributed by atoms with Crippen molar-refractivity contribution < 1.29 is 14.3 Å². The summed E-state index contributed by atoms with van der Waals surface area (Å²) in [6.07, 6.45) is 1.19. The molecule has 1 heterocycles. The second kappa shape index (κ2) is 7.60. The fourth-order valence-electron chi connectivity index (χ4n) is 3.03. The van der Waals surface area contributed by atoms with Crippen molar-refractivity contribution in [1.29, 1.82) is 0 Å². The summed E-state index contributed by atoms with van der Waals surface area (Å²) < 4.78 is 5.45. The number of hydrogen-bond donors (Lipinski definition) is 1. The van der Waals surface area contributed by atoms with Gasteiger partial charge in [0.25, 0.3) is 5.91 Å². The van der Waals surface area contributed by atoms with Crippen LogP contribution in [0.2, 0.25) is 5.02 Å². The lowest BCUT2D eigenvalue weighted by Crippen LogP contribution is -2.30. The number of halogens is 1. The first-order chi connectivity index (χ1) is 13.5. The molecule has 0 aliphatic heterocycles. The van der Waals surface area contributed by atoms with Crippen LogP contribution in [0.5, 0.6) is 0 Å². The minimum absolute atomic E-state index is 0.400. The molecular weight excluding hydrogens is 376 g/mol. The Balaban J connectivity index is 1.54. The van der Waals surface area contributed by atoms with Gasteiger partial charge in [-0.2, -0.15) is 0 Å². The van der Waals surface area contributed by atoms with Gasteiger partial charge < -0.3 is 10.1 Å². The number of pyridine rings is 1. The maximum absolute atomic E-state index is 12.8. The van der Waals surface area contributed by atoms with Crippen LogP contribution < -0.4 is 5.32 Å². The highest BCUT2D eigenvalue weighted by atomic mass is 35.5. The number of para-hydroxylation sites is 2. The third kappa shape index (κ3) is 3.85. The first-order valence-electron chi connectivity index (χ1n) is 9.19. The number of aromatic nitrogens is 1. The lowest BCUT2D eigenvalue weighted by Gasteiger charge is -2.15.